The summed E-state index contributed by atoms with van der Waals surface area (Å²) in [6, 6.07) is -0.0172. The summed E-state index contributed by atoms with van der Waals surface area (Å²) in [6.45, 7) is 9.68. The fourth-order valence-electron chi connectivity index (χ4n) is 1.70. The molecule has 0 aromatic rings. The second-order valence-electron chi connectivity index (χ2n) is 5.91. The molecule has 0 saturated heterocycles. The molecule has 0 aliphatic heterocycles. The van der Waals surface area contributed by atoms with Crippen molar-refractivity contribution >= 4 is 6.09 Å². The van der Waals surface area contributed by atoms with Gasteiger partial charge in [-0.1, -0.05) is 33.1 Å². The molecule has 0 aliphatic carbocycles. The number of alkyl carbamates (subject to hydrolysis) is 1. The summed E-state index contributed by atoms with van der Waals surface area (Å²) in [5, 5.41) is 12.1. The number of unbranched alkanes of at least 4 members (excludes halogenated alkanes) is 2. The number of carbonyl (C=O) groups is 1. The lowest BCUT2D eigenvalue weighted by molar-refractivity contribution is 0.0470. The standard InChI is InChI=1S/C14H29NO3/c1-6-7-8-9-12(11(2)10-16)15-13(17)18-14(3,4)5/h11-12,16H,6-10H2,1-5H3,(H,15,17)/t11-,12+/m0/s1. The second-order valence-corrected chi connectivity index (χ2v) is 5.91. The van der Waals surface area contributed by atoms with E-state index >= 15 is 0 Å². The number of rotatable bonds is 7. The van der Waals surface area contributed by atoms with Crippen LogP contribution in [0, 0.1) is 5.92 Å². The van der Waals surface area contributed by atoms with E-state index in [1.807, 2.05) is 27.7 Å². The van der Waals surface area contributed by atoms with Gasteiger partial charge in [0.2, 0.25) is 0 Å². The van der Waals surface area contributed by atoms with E-state index in [1.54, 1.807) is 0 Å². The number of aliphatic hydroxyl groups is 1. The predicted molar refractivity (Wildman–Crippen MR) is 73.5 cm³/mol. The third kappa shape index (κ3) is 8.34. The van der Waals surface area contributed by atoms with Crippen molar-refractivity contribution < 1.29 is 14.6 Å². The largest absolute Gasteiger partial charge is 0.444 e. The van der Waals surface area contributed by atoms with Crippen LogP contribution in [-0.4, -0.2) is 29.4 Å². The summed E-state index contributed by atoms with van der Waals surface area (Å²) in [7, 11) is 0. The minimum atomic E-state index is -0.486. The van der Waals surface area contributed by atoms with Crippen molar-refractivity contribution in [2.75, 3.05) is 6.61 Å². The van der Waals surface area contributed by atoms with Gasteiger partial charge in [0.25, 0.3) is 0 Å². The number of hydrogen-bond donors (Lipinski definition) is 2. The van der Waals surface area contributed by atoms with Gasteiger partial charge in [0.15, 0.2) is 0 Å². The number of aliphatic hydroxyl groups excluding tert-OH is 1. The first-order valence-electron chi connectivity index (χ1n) is 6.90. The summed E-state index contributed by atoms with van der Waals surface area (Å²) in [6.07, 6.45) is 3.83. The van der Waals surface area contributed by atoms with E-state index in [0.29, 0.717) is 0 Å². The first kappa shape index (κ1) is 17.2. The van der Waals surface area contributed by atoms with Crippen molar-refractivity contribution in [3.63, 3.8) is 0 Å². The Kier molecular flexibility index (Phi) is 8.00. The average Bonchev–Trinajstić information content (AvgIpc) is 2.24. The normalized spacial score (nSPS) is 15.0. The maximum absolute atomic E-state index is 11.7. The maximum atomic E-state index is 11.7. The Balaban J connectivity index is 4.26. The van der Waals surface area contributed by atoms with Gasteiger partial charge in [0, 0.05) is 12.6 Å². The second kappa shape index (κ2) is 8.35. The number of carbonyl (C=O) groups excluding carboxylic acids is 1. The van der Waals surface area contributed by atoms with Gasteiger partial charge in [-0.25, -0.2) is 4.79 Å². The molecule has 4 nitrogen and oxygen atoms in total. The zero-order valence-electron chi connectivity index (χ0n) is 12.5. The Morgan fingerprint density at radius 2 is 1.94 bits per heavy atom. The van der Waals surface area contributed by atoms with Crippen molar-refractivity contribution in [1.82, 2.24) is 5.32 Å². The molecule has 0 rings (SSSR count). The van der Waals surface area contributed by atoms with E-state index in [1.165, 1.54) is 0 Å². The van der Waals surface area contributed by atoms with E-state index in [9.17, 15) is 9.90 Å². The molecule has 4 heteroatoms. The zero-order valence-corrected chi connectivity index (χ0v) is 12.5. The maximum Gasteiger partial charge on any atom is 0.407 e. The highest BCUT2D eigenvalue weighted by atomic mass is 16.6. The van der Waals surface area contributed by atoms with Crippen LogP contribution in [-0.2, 0) is 4.74 Å². The molecule has 2 N–H and O–H groups in total. The lowest BCUT2D eigenvalue weighted by atomic mass is 9.97. The monoisotopic (exact) mass is 259 g/mol. The first-order chi connectivity index (χ1) is 8.30. The molecule has 1 amide bonds. The van der Waals surface area contributed by atoms with Gasteiger partial charge in [-0.15, -0.1) is 0 Å². The summed E-state index contributed by atoms with van der Waals surface area (Å²) >= 11 is 0. The molecule has 0 aromatic heterocycles. The van der Waals surface area contributed by atoms with Crippen LogP contribution in [0.1, 0.15) is 60.3 Å². The Hall–Kier alpha value is -0.770. The van der Waals surface area contributed by atoms with Gasteiger partial charge in [-0.05, 0) is 33.1 Å². The fraction of sp³-hybridized carbons (Fsp3) is 0.929. The number of ether oxygens (including phenoxy) is 1. The van der Waals surface area contributed by atoms with E-state index < -0.39 is 11.7 Å². The average molecular weight is 259 g/mol. The lowest BCUT2D eigenvalue weighted by Crippen LogP contribution is -2.43. The SMILES string of the molecule is CCCCC[C@@H](NC(=O)OC(C)(C)C)[C@@H](C)CO. The van der Waals surface area contributed by atoms with Crippen LogP contribution in [0.4, 0.5) is 4.79 Å². The van der Waals surface area contributed by atoms with Gasteiger partial charge < -0.3 is 15.2 Å². The van der Waals surface area contributed by atoms with Crippen LogP contribution in [0.15, 0.2) is 0 Å². The fourth-order valence-corrected chi connectivity index (χ4v) is 1.70. The minimum absolute atomic E-state index is 0.0172. The van der Waals surface area contributed by atoms with Crippen LogP contribution in [0.5, 0.6) is 0 Å². The predicted octanol–water partition coefficient (Wildman–Crippen LogP) is 3.09. The summed E-state index contributed by atoms with van der Waals surface area (Å²) in [5.41, 5.74) is -0.486. The van der Waals surface area contributed by atoms with Crippen LogP contribution < -0.4 is 5.32 Å². The molecule has 2 atom stereocenters. The van der Waals surface area contributed by atoms with Crippen molar-refractivity contribution in [1.29, 1.82) is 0 Å². The van der Waals surface area contributed by atoms with Crippen molar-refractivity contribution in [2.45, 2.75) is 71.9 Å². The summed E-state index contributed by atoms with van der Waals surface area (Å²) in [5.74, 6) is 0.0503. The third-order valence-electron chi connectivity index (χ3n) is 2.80. The number of nitrogens with one attached hydrogen (secondary N) is 1. The molecule has 0 bridgehead atoms. The quantitative estimate of drug-likeness (QED) is 0.691. The highest BCUT2D eigenvalue weighted by Gasteiger charge is 2.22. The van der Waals surface area contributed by atoms with Crippen molar-refractivity contribution in [2.24, 2.45) is 5.92 Å². The number of hydrogen-bond acceptors (Lipinski definition) is 3. The molecule has 0 spiro atoms. The van der Waals surface area contributed by atoms with Gasteiger partial charge >= 0.3 is 6.09 Å². The molecule has 0 aliphatic rings. The number of amides is 1. The van der Waals surface area contributed by atoms with E-state index in [0.717, 1.165) is 25.7 Å². The van der Waals surface area contributed by atoms with E-state index in [2.05, 4.69) is 12.2 Å². The molecule has 0 heterocycles. The van der Waals surface area contributed by atoms with E-state index in [-0.39, 0.29) is 18.6 Å². The van der Waals surface area contributed by atoms with Gasteiger partial charge in [-0.3, -0.25) is 0 Å². The summed E-state index contributed by atoms with van der Waals surface area (Å²) in [4.78, 5) is 11.7. The zero-order chi connectivity index (χ0) is 14.2. The molecule has 0 radical (unpaired) electrons. The molecule has 18 heavy (non-hydrogen) atoms. The molecule has 0 aromatic carbocycles. The Morgan fingerprint density at radius 1 is 1.33 bits per heavy atom. The molecule has 0 fully saturated rings. The Bertz CT molecular complexity index is 236. The Labute approximate surface area is 111 Å². The molecule has 0 saturated carbocycles. The van der Waals surface area contributed by atoms with Gasteiger partial charge in [-0.2, -0.15) is 0 Å². The molecular weight excluding hydrogens is 230 g/mol. The summed E-state index contributed by atoms with van der Waals surface area (Å²) < 4.78 is 5.24. The minimum Gasteiger partial charge on any atom is -0.444 e. The third-order valence-corrected chi connectivity index (χ3v) is 2.80. The highest BCUT2D eigenvalue weighted by Crippen LogP contribution is 2.13. The van der Waals surface area contributed by atoms with Crippen LogP contribution >= 0.6 is 0 Å². The van der Waals surface area contributed by atoms with Crippen molar-refractivity contribution in [3.8, 4) is 0 Å². The molecule has 0 unspecified atom stereocenters. The van der Waals surface area contributed by atoms with E-state index in [4.69, 9.17) is 4.74 Å². The smallest absolute Gasteiger partial charge is 0.407 e. The first-order valence-corrected chi connectivity index (χ1v) is 6.90. The highest BCUT2D eigenvalue weighted by molar-refractivity contribution is 5.68. The molecule has 108 valence electrons. The van der Waals surface area contributed by atoms with Crippen LogP contribution in [0.25, 0.3) is 0 Å². The van der Waals surface area contributed by atoms with Crippen molar-refractivity contribution in [3.05, 3.63) is 0 Å². The topological polar surface area (TPSA) is 58.6 Å². The van der Waals surface area contributed by atoms with Crippen LogP contribution in [0.2, 0.25) is 0 Å². The Morgan fingerprint density at radius 3 is 2.39 bits per heavy atom. The molecular formula is C14H29NO3. The van der Waals surface area contributed by atoms with Gasteiger partial charge in [0.05, 0.1) is 0 Å². The lowest BCUT2D eigenvalue weighted by Gasteiger charge is -2.26. The van der Waals surface area contributed by atoms with Crippen LogP contribution in [0.3, 0.4) is 0 Å². The van der Waals surface area contributed by atoms with Gasteiger partial charge in [0.1, 0.15) is 5.60 Å².